The normalized spacial score (nSPS) is 16.2. The average molecular weight is 284 g/mol. The number of aromatic amines is 1. The van der Waals surface area contributed by atoms with Crippen molar-refractivity contribution >= 4 is 5.91 Å². The molecule has 3 rings (SSSR count). The van der Waals surface area contributed by atoms with Crippen LogP contribution in [0.4, 0.5) is 0 Å². The van der Waals surface area contributed by atoms with Gasteiger partial charge in [0, 0.05) is 13.0 Å². The Morgan fingerprint density at radius 3 is 2.71 bits per heavy atom. The Hall–Kier alpha value is -2.17. The van der Waals surface area contributed by atoms with Crippen molar-refractivity contribution in [3.05, 3.63) is 48.0 Å². The molecule has 5 heteroatoms. The number of aromatic nitrogens is 3. The molecular formula is C16H20N4O. The van der Waals surface area contributed by atoms with Crippen LogP contribution in [0.2, 0.25) is 0 Å². The van der Waals surface area contributed by atoms with E-state index in [1.807, 2.05) is 18.2 Å². The predicted molar refractivity (Wildman–Crippen MR) is 79.7 cm³/mol. The van der Waals surface area contributed by atoms with E-state index in [1.54, 1.807) is 0 Å². The maximum atomic E-state index is 12.6. The Balaban J connectivity index is 1.54. The maximum absolute atomic E-state index is 12.6. The van der Waals surface area contributed by atoms with Gasteiger partial charge in [0.15, 0.2) is 0 Å². The Labute approximate surface area is 124 Å². The zero-order valence-corrected chi connectivity index (χ0v) is 12.0. The van der Waals surface area contributed by atoms with E-state index in [1.165, 1.54) is 6.33 Å². The number of hydrogen-bond acceptors (Lipinski definition) is 3. The molecule has 1 heterocycles. The van der Waals surface area contributed by atoms with Gasteiger partial charge in [-0.1, -0.05) is 36.8 Å². The molecule has 0 radical (unpaired) electrons. The highest BCUT2D eigenvalue weighted by atomic mass is 16.2. The number of H-pyrrole nitrogens is 1. The number of hydrogen-bond donors (Lipinski definition) is 2. The van der Waals surface area contributed by atoms with Crippen LogP contribution in [0.1, 0.15) is 37.1 Å². The zero-order valence-electron chi connectivity index (χ0n) is 12.0. The summed E-state index contributed by atoms with van der Waals surface area (Å²) in [7, 11) is 0. The first-order valence-electron chi connectivity index (χ1n) is 7.49. The van der Waals surface area contributed by atoms with Crippen molar-refractivity contribution in [1.82, 2.24) is 20.5 Å². The van der Waals surface area contributed by atoms with Crippen LogP contribution >= 0.6 is 0 Å². The second-order valence-corrected chi connectivity index (χ2v) is 5.59. The van der Waals surface area contributed by atoms with Crippen LogP contribution in [0.5, 0.6) is 0 Å². The van der Waals surface area contributed by atoms with Gasteiger partial charge in [0.05, 0.1) is 5.41 Å². The molecule has 0 bridgehead atoms. The highest BCUT2D eigenvalue weighted by molar-refractivity contribution is 5.89. The van der Waals surface area contributed by atoms with Gasteiger partial charge in [-0.25, -0.2) is 4.98 Å². The summed E-state index contributed by atoms with van der Waals surface area (Å²) in [4.78, 5) is 16.6. The quantitative estimate of drug-likeness (QED) is 0.797. The SMILES string of the molecule is O=C(NCCCc1ncn[nH]1)C1(c2ccccc2)CCC1. The zero-order chi connectivity index (χ0) is 14.5. The Morgan fingerprint density at radius 1 is 1.29 bits per heavy atom. The lowest BCUT2D eigenvalue weighted by atomic mass is 9.64. The maximum Gasteiger partial charge on any atom is 0.230 e. The lowest BCUT2D eigenvalue weighted by Gasteiger charge is -2.40. The number of nitrogens with zero attached hydrogens (tertiary/aromatic N) is 2. The van der Waals surface area contributed by atoms with Crippen LogP contribution in [0, 0.1) is 0 Å². The summed E-state index contributed by atoms with van der Waals surface area (Å²) in [5.41, 5.74) is 0.844. The number of benzene rings is 1. The molecule has 1 fully saturated rings. The number of rotatable bonds is 6. The molecule has 0 atom stereocenters. The highest BCUT2D eigenvalue weighted by Crippen LogP contribution is 2.43. The van der Waals surface area contributed by atoms with E-state index in [0.717, 1.165) is 43.5 Å². The second kappa shape index (κ2) is 6.08. The fraction of sp³-hybridized carbons (Fsp3) is 0.438. The first-order chi connectivity index (χ1) is 10.3. The molecule has 1 aromatic heterocycles. The minimum absolute atomic E-state index is 0.164. The third kappa shape index (κ3) is 2.82. The van der Waals surface area contributed by atoms with Crippen LogP contribution in [-0.4, -0.2) is 27.6 Å². The molecular weight excluding hydrogens is 264 g/mol. The van der Waals surface area contributed by atoms with Gasteiger partial charge in [-0.15, -0.1) is 0 Å². The molecule has 5 nitrogen and oxygen atoms in total. The van der Waals surface area contributed by atoms with Gasteiger partial charge in [0.1, 0.15) is 12.2 Å². The lowest BCUT2D eigenvalue weighted by Crippen LogP contribution is -2.49. The number of nitrogens with one attached hydrogen (secondary N) is 2. The van der Waals surface area contributed by atoms with Crippen LogP contribution in [0.3, 0.4) is 0 Å². The first kappa shape index (κ1) is 13.8. The summed E-state index contributed by atoms with van der Waals surface area (Å²) < 4.78 is 0. The average Bonchev–Trinajstić information content (AvgIpc) is 2.97. The number of amides is 1. The van der Waals surface area contributed by atoms with Crippen LogP contribution < -0.4 is 5.32 Å². The number of carbonyl (C=O) groups is 1. The third-order valence-corrected chi connectivity index (χ3v) is 4.31. The number of carbonyl (C=O) groups excluding carboxylic acids is 1. The summed E-state index contributed by atoms with van der Waals surface area (Å²) in [5.74, 6) is 1.03. The van der Waals surface area contributed by atoms with Gasteiger partial charge in [0.25, 0.3) is 0 Å². The molecule has 0 saturated heterocycles. The first-order valence-corrected chi connectivity index (χ1v) is 7.49. The Kier molecular flexibility index (Phi) is 3.99. The summed E-state index contributed by atoms with van der Waals surface area (Å²) in [6, 6.07) is 10.1. The van der Waals surface area contributed by atoms with Gasteiger partial charge in [-0.05, 0) is 24.8 Å². The van der Waals surface area contributed by atoms with Gasteiger partial charge < -0.3 is 5.32 Å². The van der Waals surface area contributed by atoms with E-state index >= 15 is 0 Å². The van der Waals surface area contributed by atoms with Gasteiger partial charge >= 0.3 is 0 Å². The minimum atomic E-state index is -0.298. The van der Waals surface area contributed by atoms with E-state index in [9.17, 15) is 4.79 Å². The summed E-state index contributed by atoms with van der Waals surface area (Å²) in [5, 5.41) is 9.73. The summed E-state index contributed by atoms with van der Waals surface area (Å²) >= 11 is 0. The van der Waals surface area contributed by atoms with Crippen molar-refractivity contribution in [2.75, 3.05) is 6.54 Å². The topological polar surface area (TPSA) is 70.7 Å². The van der Waals surface area contributed by atoms with Crippen LogP contribution in [-0.2, 0) is 16.6 Å². The third-order valence-electron chi connectivity index (χ3n) is 4.31. The monoisotopic (exact) mass is 284 g/mol. The molecule has 1 amide bonds. The van der Waals surface area contributed by atoms with Crippen molar-refractivity contribution in [2.45, 2.75) is 37.5 Å². The largest absolute Gasteiger partial charge is 0.355 e. The molecule has 2 aromatic rings. The van der Waals surface area contributed by atoms with E-state index in [0.29, 0.717) is 6.54 Å². The molecule has 2 N–H and O–H groups in total. The van der Waals surface area contributed by atoms with Crippen LogP contribution in [0.15, 0.2) is 36.7 Å². The molecule has 1 aromatic carbocycles. The fourth-order valence-electron chi connectivity index (χ4n) is 2.91. The minimum Gasteiger partial charge on any atom is -0.355 e. The molecule has 1 aliphatic carbocycles. The lowest BCUT2D eigenvalue weighted by molar-refractivity contribution is -0.129. The fourth-order valence-corrected chi connectivity index (χ4v) is 2.91. The number of aryl methyl sites for hydroxylation is 1. The molecule has 0 spiro atoms. The van der Waals surface area contributed by atoms with Crippen molar-refractivity contribution < 1.29 is 4.79 Å². The molecule has 1 aliphatic rings. The molecule has 0 aliphatic heterocycles. The van der Waals surface area contributed by atoms with Crippen molar-refractivity contribution in [2.24, 2.45) is 0 Å². The summed E-state index contributed by atoms with van der Waals surface area (Å²) in [6.07, 6.45) is 6.20. The second-order valence-electron chi connectivity index (χ2n) is 5.59. The molecule has 21 heavy (non-hydrogen) atoms. The molecule has 1 saturated carbocycles. The predicted octanol–water partition coefficient (Wildman–Crippen LogP) is 1.98. The van der Waals surface area contributed by atoms with Crippen LogP contribution in [0.25, 0.3) is 0 Å². The Morgan fingerprint density at radius 2 is 2.10 bits per heavy atom. The van der Waals surface area contributed by atoms with Crippen molar-refractivity contribution in [1.29, 1.82) is 0 Å². The highest BCUT2D eigenvalue weighted by Gasteiger charge is 2.45. The van der Waals surface area contributed by atoms with Gasteiger partial charge in [0.2, 0.25) is 5.91 Å². The van der Waals surface area contributed by atoms with E-state index in [2.05, 4.69) is 32.6 Å². The summed E-state index contributed by atoms with van der Waals surface area (Å²) in [6.45, 7) is 0.675. The molecule has 110 valence electrons. The van der Waals surface area contributed by atoms with Gasteiger partial charge in [-0.3, -0.25) is 9.89 Å². The van der Waals surface area contributed by atoms with Crippen molar-refractivity contribution in [3.8, 4) is 0 Å². The van der Waals surface area contributed by atoms with Gasteiger partial charge in [-0.2, -0.15) is 5.10 Å². The Bertz CT molecular complexity index is 576. The van der Waals surface area contributed by atoms with E-state index < -0.39 is 0 Å². The molecule has 0 unspecified atom stereocenters. The van der Waals surface area contributed by atoms with Crippen molar-refractivity contribution in [3.63, 3.8) is 0 Å². The standard InChI is InChI=1S/C16H20N4O/c21-15(17-11-4-8-14-18-12-19-20-14)16(9-5-10-16)13-6-2-1-3-7-13/h1-3,6-7,12H,4-5,8-11H2,(H,17,21)(H,18,19,20). The van der Waals surface area contributed by atoms with E-state index in [4.69, 9.17) is 0 Å². The smallest absolute Gasteiger partial charge is 0.230 e. The van der Waals surface area contributed by atoms with E-state index in [-0.39, 0.29) is 11.3 Å².